The number of benzene rings is 2. The van der Waals surface area contributed by atoms with Crippen LogP contribution in [0.2, 0.25) is 0 Å². The lowest BCUT2D eigenvalue weighted by atomic mass is 10.1. The normalized spacial score (nSPS) is 11.5. The van der Waals surface area contributed by atoms with Gasteiger partial charge in [0.25, 0.3) is 5.91 Å². The summed E-state index contributed by atoms with van der Waals surface area (Å²) in [5, 5.41) is 23.5. The maximum absolute atomic E-state index is 12.6. The van der Waals surface area contributed by atoms with Crippen LogP contribution in [0, 0.1) is 6.92 Å². The molecule has 0 aliphatic carbocycles. The number of carbonyl (C=O) groups is 3. The van der Waals surface area contributed by atoms with Crippen LogP contribution in [-0.2, 0) is 4.79 Å². The number of hydrogen-bond donors (Lipinski definition) is 3. The van der Waals surface area contributed by atoms with Gasteiger partial charge in [-0.15, -0.1) is 22.0 Å². The van der Waals surface area contributed by atoms with Crippen LogP contribution in [-0.4, -0.2) is 38.3 Å². The van der Waals surface area contributed by atoms with Gasteiger partial charge < -0.3 is 10.4 Å². The third-order valence-electron chi connectivity index (χ3n) is 4.19. The van der Waals surface area contributed by atoms with Crippen molar-refractivity contribution in [2.45, 2.75) is 30.4 Å². The highest BCUT2D eigenvalue weighted by Crippen LogP contribution is 2.29. The molecule has 0 saturated heterocycles. The molecule has 1 atom stereocenters. The Morgan fingerprint density at radius 3 is 2.45 bits per heavy atom. The van der Waals surface area contributed by atoms with E-state index in [0.717, 1.165) is 9.90 Å². The summed E-state index contributed by atoms with van der Waals surface area (Å²) in [5.74, 6) is -1.86. The second-order valence-corrected chi connectivity index (χ2v) is 8.92. The molecular weight excluding hydrogens is 436 g/mol. The number of aryl methyl sites for hydroxylation is 1. The highest BCUT2D eigenvalue weighted by atomic mass is 32.2. The minimum Gasteiger partial charge on any atom is -0.478 e. The van der Waals surface area contributed by atoms with Crippen molar-refractivity contribution in [3.05, 3.63) is 64.7 Å². The lowest BCUT2D eigenvalue weighted by molar-refractivity contribution is -0.115. The minimum atomic E-state index is -1.17. The molecular formula is C21H20N4O4S2. The Bertz CT molecular complexity index is 1120. The van der Waals surface area contributed by atoms with Gasteiger partial charge in [-0.05, 0) is 43.7 Å². The van der Waals surface area contributed by atoms with Gasteiger partial charge in [0.1, 0.15) is 5.01 Å². The first kappa shape index (κ1) is 22.4. The maximum Gasteiger partial charge on any atom is 0.336 e. The fraction of sp³-hybridized carbons (Fsp3) is 0.190. The molecule has 0 aliphatic heterocycles. The number of nitrogens with one attached hydrogen (secondary N) is 2. The standard InChI is InChI=1S/C21H20N4O4S2/c1-3-17(19(27)23-21-25-24-12(2)30-21)31-14-8-6-7-13(11-14)22-18(26)15-9-4-5-10-16(15)20(28)29/h4-11,17H,3H2,1-2H3,(H,22,26)(H,28,29)(H,23,25,27). The van der Waals surface area contributed by atoms with E-state index in [1.807, 2.05) is 19.9 Å². The van der Waals surface area contributed by atoms with E-state index in [1.165, 1.54) is 35.2 Å². The van der Waals surface area contributed by atoms with Crippen molar-refractivity contribution in [2.75, 3.05) is 10.6 Å². The number of carbonyl (C=O) groups excluding carboxylic acids is 2. The summed E-state index contributed by atoms with van der Waals surface area (Å²) in [6, 6.07) is 13.1. The average molecular weight is 457 g/mol. The number of carboxylic acid groups (broad SMARTS) is 1. The molecule has 0 bridgehead atoms. The zero-order valence-corrected chi connectivity index (χ0v) is 18.4. The number of anilines is 2. The molecule has 31 heavy (non-hydrogen) atoms. The molecule has 3 N–H and O–H groups in total. The summed E-state index contributed by atoms with van der Waals surface area (Å²) in [7, 11) is 0. The van der Waals surface area contributed by atoms with Gasteiger partial charge in [0.15, 0.2) is 0 Å². The van der Waals surface area contributed by atoms with Gasteiger partial charge in [-0.25, -0.2) is 4.79 Å². The number of aromatic carboxylic acids is 1. The van der Waals surface area contributed by atoms with Gasteiger partial charge in [-0.3, -0.25) is 14.9 Å². The van der Waals surface area contributed by atoms with Crippen LogP contribution in [0.25, 0.3) is 0 Å². The van der Waals surface area contributed by atoms with E-state index in [1.54, 1.807) is 30.3 Å². The largest absolute Gasteiger partial charge is 0.478 e. The smallest absolute Gasteiger partial charge is 0.336 e. The zero-order chi connectivity index (χ0) is 22.4. The SMILES string of the molecule is CCC(Sc1cccc(NC(=O)c2ccccc2C(=O)O)c1)C(=O)Nc1nnc(C)s1. The van der Waals surface area contributed by atoms with Crippen LogP contribution >= 0.6 is 23.1 Å². The van der Waals surface area contributed by atoms with Crippen molar-refractivity contribution in [1.29, 1.82) is 0 Å². The summed E-state index contributed by atoms with van der Waals surface area (Å²) in [5.41, 5.74) is 0.511. The predicted molar refractivity (Wildman–Crippen MR) is 121 cm³/mol. The van der Waals surface area contributed by atoms with Crippen molar-refractivity contribution >= 4 is 51.7 Å². The Morgan fingerprint density at radius 1 is 1.06 bits per heavy atom. The van der Waals surface area contributed by atoms with Crippen LogP contribution in [0.15, 0.2) is 53.4 Å². The Balaban J connectivity index is 1.70. The Kier molecular flexibility index (Phi) is 7.37. The minimum absolute atomic E-state index is 0.0693. The van der Waals surface area contributed by atoms with Gasteiger partial charge in [0.05, 0.1) is 16.4 Å². The molecule has 3 rings (SSSR count). The second kappa shape index (κ2) is 10.2. The molecule has 0 aliphatic rings. The Hall–Kier alpha value is -3.24. The van der Waals surface area contributed by atoms with E-state index < -0.39 is 11.9 Å². The zero-order valence-electron chi connectivity index (χ0n) is 16.8. The molecule has 0 fully saturated rings. The summed E-state index contributed by atoms with van der Waals surface area (Å²) < 4.78 is 0. The van der Waals surface area contributed by atoms with Crippen LogP contribution < -0.4 is 10.6 Å². The number of amides is 2. The summed E-state index contributed by atoms with van der Waals surface area (Å²) in [4.78, 5) is 37.3. The van der Waals surface area contributed by atoms with Crippen molar-refractivity contribution in [1.82, 2.24) is 10.2 Å². The molecule has 160 valence electrons. The molecule has 0 saturated carbocycles. The van der Waals surface area contributed by atoms with Crippen molar-refractivity contribution < 1.29 is 19.5 Å². The number of thioether (sulfide) groups is 1. The van der Waals surface area contributed by atoms with E-state index in [9.17, 15) is 19.5 Å². The van der Waals surface area contributed by atoms with E-state index in [-0.39, 0.29) is 22.3 Å². The highest BCUT2D eigenvalue weighted by Gasteiger charge is 2.20. The van der Waals surface area contributed by atoms with E-state index in [4.69, 9.17) is 0 Å². The van der Waals surface area contributed by atoms with Crippen LogP contribution in [0.1, 0.15) is 39.1 Å². The van der Waals surface area contributed by atoms with E-state index >= 15 is 0 Å². The highest BCUT2D eigenvalue weighted by molar-refractivity contribution is 8.00. The Labute approximate surface area is 187 Å². The number of nitrogens with zero attached hydrogens (tertiary/aromatic N) is 2. The van der Waals surface area contributed by atoms with Crippen LogP contribution in [0.5, 0.6) is 0 Å². The maximum atomic E-state index is 12.6. The number of carboxylic acids is 1. The monoisotopic (exact) mass is 456 g/mol. The van der Waals surface area contributed by atoms with Crippen molar-refractivity contribution in [2.24, 2.45) is 0 Å². The van der Waals surface area contributed by atoms with Gasteiger partial charge >= 0.3 is 5.97 Å². The third kappa shape index (κ3) is 5.89. The van der Waals surface area contributed by atoms with Crippen molar-refractivity contribution in [3.8, 4) is 0 Å². The first-order valence-corrected chi connectivity index (χ1v) is 11.1. The number of rotatable bonds is 8. The summed E-state index contributed by atoms with van der Waals surface area (Å²) >= 11 is 2.67. The molecule has 3 aromatic rings. The molecule has 1 unspecified atom stereocenters. The van der Waals surface area contributed by atoms with Gasteiger partial charge in [0, 0.05) is 10.6 Å². The molecule has 8 nitrogen and oxygen atoms in total. The molecule has 1 heterocycles. The van der Waals surface area contributed by atoms with Crippen LogP contribution in [0.4, 0.5) is 10.8 Å². The molecule has 1 aromatic heterocycles. The lowest BCUT2D eigenvalue weighted by Gasteiger charge is -2.14. The van der Waals surface area contributed by atoms with Gasteiger partial charge in [0.2, 0.25) is 11.0 Å². The average Bonchev–Trinajstić information content (AvgIpc) is 3.16. The van der Waals surface area contributed by atoms with Gasteiger partial charge in [-0.1, -0.05) is 36.5 Å². The second-order valence-electron chi connectivity index (χ2n) is 6.46. The Morgan fingerprint density at radius 2 is 1.81 bits per heavy atom. The summed E-state index contributed by atoms with van der Waals surface area (Å²) in [6.07, 6.45) is 0.594. The predicted octanol–water partition coefficient (Wildman–Crippen LogP) is 4.31. The van der Waals surface area contributed by atoms with Gasteiger partial charge in [-0.2, -0.15) is 0 Å². The molecule has 10 heteroatoms. The topological polar surface area (TPSA) is 121 Å². The molecule has 2 amide bonds. The first-order chi connectivity index (χ1) is 14.9. The quantitative estimate of drug-likeness (QED) is 0.432. The van der Waals surface area contributed by atoms with Crippen LogP contribution in [0.3, 0.4) is 0 Å². The van der Waals surface area contributed by atoms with E-state index in [0.29, 0.717) is 17.2 Å². The fourth-order valence-electron chi connectivity index (χ4n) is 2.73. The van der Waals surface area contributed by atoms with E-state index in [2.05, 4.69) is 20.8 Å². The molecule has 0 radical (unpaired) electrons. The summed E-state index contributed by atoms with van der Waals surface area (Å²) in [6.45, 7) is 3.73. The molecule has 2 aromatic carbocycles. The molecule has 0 spiro atoms. The number of hydrogen-bond acceptors (Lipinski definition) is 7. The first-order valence-electron chi connectivity index (χ1n) is 9.38. The fourth-order valence-corrected chi connectivity index (χ4v) is 4.34. The van der Waals surface area contributed by atoms with Crippen molar-refractivity contribution in [3.63, 3.8) is 0 Å². The third-order valence-corrected chi connectivity index (χ3v) is 6.30. The number of aromatic nitrogens is 2. The lowest BCUT2D eigenvalue weighted by Crippen LogP contribution is -2.24.